The summed E-state index contributed by atoms with van der Waals surface area (Å²) in [6.45, 7) is 1.80. The Morgan fingerprint density at radius 1 is 1.03 bits per heavy atom. The first kappa shape index (κ1) is 23.9. The molecule has 1 amide bonds. The van der Waals surface area contributed by atoms with E-state index in [2.05, 4.69) is 25.4 Å². The van der Waals surface area contributed by atoms with Crippen LogP contribution in [0, 0.1) is 6.92 Å². The summed E-state index contributed by atoms with van der Waals surface area (Å²) >= 11 is 0. The Balaban J connectivity index is 1.47. The first-order valence-corrected chi connectivity index (χ1v) is 11.1. The third kappa shape index (κ3) is 4.96. The predicted molar refractivity (Wildman–Crippen MR) is 130 cm³/mol. The van der Waals surface area contributed by atoms with Gasteiger partial charge in [-0.15, -0.1) is 0 Å². The van der Waals surface area contributed by atoms with Crippen LogP contribution in [-0.2, 0) is 13.2 Å². The van der Waals surface area contributed by atoms with Crippen LogP contribution in [0.3, 0.4) is 0 Å². The topological polar surface area (TPSA) is 94.8 Å². The second-order valence-corrected chi connectivity index (χ2v) is 8.21. The number of hydrogen-bond acceptors (Lipinski definition) is 6. The molecule has 8 nitrogen and oxygen atoms in total. The normalized spacial score (nSPS) is 11.5. The van der Waals surface area contributed by atoms with Crippen molar-refractivity contribution in [2.45, 2.75) is 13.1 Å². The van der Waals surface area contributed by atoms with Gasteiger partial charge in [-0.2, -0.15) is 23.3 Å². The molecule has 0 aliphatic rings. The Hall–Kier alpha value is -4.80. The summed E-state index contributed by atoms with van der Waals surface area (Å²) in [5, 5.41) is 7.31. The zero-order valence-electron chi connectivity index (χ0n) is 19.6. The molecule has 0 saturated heterocycles. The SMILES string of the molecule is Cc1ccc(C(=O)Nc2cccc(C(F)(F)F)c2)cc1Oc1nc(-c2cccnc2)nc2c1cnn2C. The van der Waals surface area contributed by atoms with Crippen molar-refractivity contribution in [3.05, 3.63) is 89.9 Å². The number of rotatable bonds is 5. The van der Waals surface area contributed by atoms with Crippen LogP contribution < -0.4 is 10.1 Å². The van der Waals surface area contributed by atoms with Crippen molar-refractivity contribution >= 4 is 22.6 Å². The lowest BCUT2D eigenvalue weighted by molar-refractivity contribution is -0.137. The number of aryl methyl sites for hydroxylation is 2. The van der Waals surface area contributed by atoms with Crippen LogP contribution in [0.15, 0.2) is 73.2 Å². The smallest absolute Gasteiger partial charge is 0.416 e. The van der Waals surface area contributed by atoms with Crippen molar-refractivity contribution in [2.75, 3.05) is 5.32 Å². The van der Waals surface area contributed by atoms with Gasteiger partial charge in [0.2, 0.25) is 5.88 Å². The van der Waals surface area contributed by atoms with Gasteiger partial charge in [0.25, 0.3) is 5.91 Å². The van der Waals surface area contributed by atoms with Crippen molar-refractivity contribution in [1.29, 1.82) is 0 Å². The molecule has 5 rings (SSSR count). The third-order valence-corrected chi connectivity index (χ3v) is 5.58. The molecule has 0 atom stereocenters. The Morgan fingerprint density at radius 3 is 2.62 bits per heavy atom. The number of aromatic nitrogens is 5. The molecule has 5 aromatic rings. The highest BCUT2D eigenvalue weighted by Crippen LogP contribution is 2.33. The predicted octanol–water partition coefficient (Wildman–Crippen LogP) is 5.80. The average Bonchev–Trinajstić information content (AvgIpc) is 3.26. The number of alkyl halides is 3. The molecule has 0 spiro atoms. The molecular weight excluding hydrogens is 485 g/mol. The van der Waals surface area contributed by atoms with Crippen LogP contribution in [0.25, 0.3) is 22.4 Å². The maximum absolute atomic E-state index is 13.0. The van der Waals surface area contributed by atoms with Gasteiger partial charge in [0.15, 0.2) is 11.5 Å². The number of halogens is 3. The van der Waals surface area contributed by atoms with Crippen molar-refractivity contribution < 1.29 is 22.7 Å². The number of nitrogens with zero attached hydrogens (tertiary/aromatic N) is 5. The summed E-state index contributed by atoms with van der Waals surface area (Å²) in [4.78, 5) is 26.1. The monoisotopic (exact) mass is 504 g/mol. The van der Waals surface area contributed by atoms with Crippen molar-refractivity contribution in [3.63, 3.8) is 0 Å². The standard InChI is InChI=1S/C26H19F3N6O2/c1-15-8-9-16(24(36)32-19-7-3-6-18(12-19)26(27,28)29)11-21(15)37-25-20-14-31-35(2)23(20)33-22(34-25)17-5-4-10-30-13-17/h3-14H,1-2H3,(H,32,36). The Morgan fingerprint density at radius 2 is 1.86 bits per heavy atom. The van der Waals surface area contributed by atoms with E-state index in [0.29, 0.717) is 33.7 Å². The van der Waals surface area contributed by atoms with Crippen LogP contribution >= 0.6 is 0 Å². The van der Waals surface area contributed by atoms with Crippen LogP contribution in [0.5, 0.6) is 11.6 Å². The Bertz CT molecular complexity index is 1620. The van der Waals surface area contributed by atoms with Crippen LogP contribution in [0.1, 0.15) is 21.5 Å². The maximum Gasteiger partial charge on any atom is 0.416 e. The number of fused-ring (bicyclic) bond motifs is 1. The highest BCUT2D eigenvalue weighted by Gasteiger charge is 2.30. The lowest BCUT2D eigenvalue weighted by Crippen LogP contribution is -2.13. The van der Waals surface area contributed by atoms with Gasteiger partial charge in [-0.3, -0.25) is 14.5 Å². The van der Waals surface area contributed by atoms with Crippen LogP contribution in [-0.4, -0.2) is 30.6 Å². The molecule has 0 radical (unpaired) electrons. The van der Waals surface area contributed by atoms with Gasteiger partial charge in [0.1, 0.15) is 11.1 Å². The maximum atomic E-state index is 13.0. The molecule has 3 heterocycles. The number of ether oxygens (including phenoxy) is 1. The molecule has 0 fully saturated rings. The highest BCUT2D eigenvalue weighted by molar-refractivity contribution is 6.04. The Kier molecular flexibility index (Phi) is 6.04. The number of amides is 1. The summed E-state index contributed by atoms with van der Waals surface area (Å²) in [6, 6.07) is 12.8. The highest BCUT2D eigenvalue weighted by atomic mass is 19.4. The number of carbonyl (C=O) groups is 1. The molecule has 186 valence electrons. The summed E-state index contributed by atoms with van der Waals surface area (Å²) in [6.07, 6.45) is 0.334. The number of carbonyl (C=O) groups excluding carboxylic acids is 1. The largest absolute Gasteiger partial charge is 0.438 e. The van der Waals surface area contributed by atoms with E-state index in [1.54, 1.807) is 55.4 Å². The lowest BCUT2D eigenvalue weighted by Gasteiger charge is -2.13. The van der Waals surface area contributed by atoms with Gasteiger partial charge in [-0.25, -0.2) is 4.98 Å². The van der Waals surface area contributed by atoms with Crippen molar-refractivity contribution in [2.24, 2.45) is 7.05 Å². The number of anilines is 1. The van der Waals surface area contributed by atoms with E-state index in [9.17, 15) is 18.0 Å². The van der Waals surface area contributed by atoms with E-state index in [4.69, 9.17) is 4.74 Å². The zero-order chi connectivity index (χ0) is 26.2. The van der Waals surface area contributed by atoms with Gasteiger partial charge in [-0.1, -0.05) is 12.1 Å². The first-order chi connectivity index (χ1) is 17.7. The third-order valence-electron chi connectivity index (χ3n) is 5.58. The average molecular weight is 504 g/mol. The molecular formula is C26H19F3N6O2. The van der Waals surface area contributed by atoms with E-state index in [1.807, 2.05) is 6.07 Å². The van der Waals surface area contributed by atoms with E-state index in [-0.39, 0.29) is 17.1 Å². The second-order valence-electron chi connectivity index (χ2n) is 8.21. The summed E-state index contributed by atoms with van der Waals surface area (Å²) in [5.41, 5.74) is 1.31. The lowest BCUT2D eigenvalue weighted by atomic mass is 10.1. The number of hydrogen-bond donors (Lipinski definition) is 1. The van der Waals surface area contributed by atoms with E-state index < -0.39 is 17.6 Å². The van der Waals surface area contributed by atoms with Crippen molar-refractivity contribution in [3.8, 4) is 23.0 Å². The molecule has 0 aliphatic carbocycles. The summed E-state index contributed by atoms with van der Waals surface area (Å²) < 4.78 is 46.8. The molecule has 37 heavy (non-hydrogen) atoms. The molecule has 1 N–H and O–H groups in total. The van der Waals surface area contributed by atoms with Gasteiger partial charge in [0, 0.05) is 36.3 Å². The minimum absolute atomic E-state index is 0.0249. The zero-order valence-corrected chi connectivity index (χ0v) is 19.6. The van der Waals surface area contributed by atoms with Crippen molar-refractivity contribution in [1.82, 2.24) is 24.7 Å². The van der Waals surface area contributed by atoms with Crippen LogP contribution in [0.2, 0.25) is 0 Å². The number of pyridine rings is 1. The minimum Gasteiger partial charge on any atom is -0.438 e. The molecule has 3 aromatic heterocycles. The fourth-order valence-corrected chi connectivity index (χ4v) is 3.63. The molecule has 11 heteroatoms. The Labute approximate surface area is 208 Å². The first-order valence-electron chi connectivity index (χ1n) is 11.1. The minimum atomic E-state index is -4.52. The van der Waals surface area contributed by atoms with E-state index in [1.165, 1.54) is 18.2 Å². The summed E-state index contributed by atoms with van der Waals surface area (Å²) in [5.74, 6) is 0.373. The van der Waals surface area contributed by atoms with E-state index in [0.717, 1.165) is 12.1 Å². The quantitative estimate of drug-likeness (QED) is 0.325. The van der Waals surface area contributed by atoms with E-state index >= 15 is 0 Å². The van der Waals surface area contributed by atoms with Gasteiger partial charge < -0.3 is 10.1 Å². The van der Waals surface area contributed by atoms with Gasteiger partial charge in [-0.05, 0) is 55.0 Å². The second kappa shape index (κ2) is 9.34. The molecule has 0 unspecified atom stereocenters. The molecule has 0 aliphatic heterocycles. The molecule has 2 aromatic carbocycles. The van der Waals surface area contributed by atoms with Gasteiger partial charge in [0.05, 0.1) is 11.8 Å². The number of nitrogens with one attached hydrogen (secondary N) is 1. The molecule has 0 saturated carbocycles. The fourth-order valence-electron chi connectivity index (χ4n) is 3.63. The fraction of sp³-hybridized carbons (Fsp3) is 0.115. The summed E-state index contributed by atoms with van der Waals surface area (Å²) in [7, 11) is 1.75. The molecule has 0 bridgehead atoms. The number of benzene rings is 2. The van der Waals surface area contributed by atoms with Crippen LogP contribution in [0.4, 0.5) is 18.9 Å². The van der Waals surface area contributed by atoms with Gasteiger partial charge >= 0.3 is 6.18 Å².